The molecule has 2 heterocycles. The predicted octanol–water partition coefficient (Wildman–Crippen LogP) is 2.00. The van der Waals surface area contributed by atoms with Gasteiger partial charge >= 0.3 is 0 Å². The summed E-state index contributed by atoms with van der Waals surface area (Å²) in [5.74, 6) is 0. The number of hydrogen-bond donors (Lipinski definition) is 1. The van der Waals surface area contributed by atoms with Gasteiger partial charge in [0.25, 0.3) is 0 Å². The van der Waals surface area contributed by atoms with Gasteiger partial charge in [0.1, 0.15) is 0 Å². The molecule has 3 nitrogen and oxygen atoms in total. The van der Waals surface area contributed by atoms with Gasteiger partial charge in [0, 0.05) is 49.0 Å². The van der Waals surface area contributed by atoms with Gasteiger partial charge in [-0.3, -0.25) is 4.90 Å². The van der Waals surface area contributed by atoms with Crippen LogP contribution in [0.1, 0.15) is 23.1 Å². The first-order valence-corrected chi connectivity index (χ1v) is 7.79. The molecule has 0 radical (unpaired) electrons. The van der Waals surface area contributed by atoms with Crippen LogP contribution in [0.3, 0.4) is 0 Å². The summed E-state index contributed by atoms with van der Waals surface area (Å²) in [6, 6.07) is 4.57. The number of rotatable bonds is 6. The minimum absolute atomic E-state index is 1.03. The number of nitrogens with one attached hydrogen (secondary N) is 1. The molecule has 2 rings (SSSR count). The zero-order valence-electron chi connectivity index (χ0n) is 11.6. The molecule has 0 spiro atoms. The van der Waals surface area contributed by atoms with Crippen molar-refractivity contribution >= 4 is 11.3 Å². The molecule has 1 aromatic heterocycles. The summed E-state index contributed by atoms with van der Waals surface area (Å²) in [6.07, 6.45) is 1.21. The minimum atomic E-state index is 1.03. The molecule has 1 saturated heterocycles. The Hall–Kier alpha value is -0.420. The van der Waals surface area contributed by atoms with E-state index in [1.807, 2.05) is 11.3 Å². The van der Waals surface area contributed by atoms with Gasteiger partial charge in [0.05, 0.1) is 0 Å². The Morgan fingerprint density at radius 1 is 1.17 bits per heavy atom. The lowest BCUT2D eigenvalue weighted by Crippen LogP contribution is -2.43. The lowest BCUT2D eigenvalue weighted by molar-refractivity contribution is 0.149. The number of piperazine rings is 1. The summed E-state index contributed by atoms with van der Waals surface area (Å²) in [7, 11) is 2.21. The highest BCUT2D eigenvalue weighted by Crippen LogP contribution is 2.18. The van der Waals surface area contributed by atoms with Crippen LogP contribution in [0.25, 0.3) is 0 Å². The number of hydrogen-bond acceptors (Lipinski definition) is 4. The molecule has 1 aliphatic heterocycles. The van der Waals surface area contributed by atoms with Crippen molar-refractivity contribution in [2.75, 3.05) is 39.8 Å². The van der Waals surface area contributed by atoms with E-state index in [2.05, 4.69) is 41.2 Å². The molecule has 1 N–H and O–H groups in total. The van der Waals surface area contributed by atoms with Gasteiger partial charge in [0.15, 0.2) is 0 Å². The second-order valence-electron chi connectivity index (χ2n) is 5.12. The summed E-state index contributed by atoms with van der Waals surface area (Å²) in [6.45, 7) is 10.3. The summed E-state index contributed by atoms with van der Waals surface area (Å²) >= 11 is 1.96. The maximum absolute atomic E-state index is 3.46. The van der Waals surface area contributed by atoms with E-state index in [4.69, 9.17) is 0 Å². The standard InChI is InChI=1S/C14H25N3S/c1-3-6-15-11-13-4-5-14(18-13)12-17-9-7-16(2)8-10-17/h4-5,15H,3,6-12H2,1-2H3. The van der Waals surface area contributed by atoms with E-state index in [-0.39, 0.29) is 0 Å². The quantitative estimate of drug-likeness (QED) is 0.795. The SMILES string of the molecule is CCCNCc1ccc(CN2CCN(C)CC2)s1. The Balaban J connectivity index is 1.76. The third-order valence-corrected chi connectivity index (χ3v) is 4.49. The number of nitrogens with zero attached hydrogens (tertiary/aromatic N) is 2. The Labute approximate surface area is 115 Å². The number of thiophene rings is 1. The molecule has 102 valence electrons. The third-order valence-electron chi connectivity index (χ3n) is 3.42. The summed E-state index contributed by atoms with van der Waals surface area (Å²) in [5, 5.41) is 3.46. The summed E-state index contributed by atoms with van der Waals surface area (Å²) in [4.78, 5) is 7.94. The van der Waals surface area contributed by atoms with E-state index in [0.29, 0.717) is 0 Å². The molecule has 1 fully saturated rings. The Morgan fingerprint density at radius 3 is 2.61 bits per heavy atom. The van der Waals surface area contributed by atoms with E-state index in [1.165, 1.54) is 42.4 Å². The first-order valence-electron chi connectivity index (χ1n) is 6.97. The van der Waals surface area contributed by atoms with E-state index in [9.17, 15) is 0 Å². The van der Waals surface area contributed by atoms with Crippen LogP contribution in [0.4, 0.5) is 0 Å². The van der Waals surface area contributed by atoms with Crippen LogP contribution in [0.5, 0.6) is 0 Å². The van der Waals surface area contributed by atoms with E-state index >= 15 is 0 Å². The third kappa shape index (κ3) is 4.35. The van der Waals surface area contributed by atoms with Crippen LogP contribution in [-0.2, 0) is 13.1 Å². The normalized spacial score (nSPS) is 18.3. The fourth-order valence-corrected chi connectivity index (χ4v) is 3.25. The minimum Gasteiger partial charge on any atom is -0.312 e. The predicted molar refractivity (Wildman–Crippen MR) is 79.1 cm³/mol. The Kier molecular flexibility index (Phi) is 5.63. The van der Waals surface area contributed by atoms with Gasteiger partial charge in [-0.1, -0.05) is 6.92 Å². The Bertz CT molecular complexity index is 343. The second kappa shape index (κ2) is 7.24. The fourth-order valence-electron chi connectivity index (χ4n) is 2.22. The van der Waals surface area contributed by atoms with Crippen molar-refractivity contribution in [3.05, 3.63) is 21.9 Å². The Morgan fingerprint density at radius 2 is 1.89 bits per heavy atom. The highest BCUT2D eigenvalue weighted by molar-refractivity contribution is 7.11. The molecule has 18 heavy (non-hydrogen) atoms. The largest absolute Gasteiger partial charge is 0.312 e. The van der Waals surface area contributed by atoms with E-state index < -0.39 is 0 Å². The molecule has 0 aromatic carbocycles. The zero-order valence-corrected chi connectivity index (χ0v) is 12.4. The van der Waals surface area contributed by atoms with Crippen molar-refractivity contribution in [3.8, 4) is 0 Å². The molecular weight excluding hydrogens is 242 g/mol. The molecule has 1 aliphatic rings. The summed E-state index contributed by atoms with van der Waals surface area (Å²) in [5.41, 5.74) is 0. The van der Waals surface area contributed by atoms with Crippen LogP contribution in [0, 0.1) is 0 Å². The first-order chi connectivity index (χ1) is 8.78. The zero-order chi connectivity index (χ0) is 12.8. The lowest BCUT2D eigenvalue weighted by atomic mass is 10.3. The molecular formula is C14H25N3S. The van der Waals surface area contributed by atoms with E-state index in [0.717, 1.165) is 19.6 Å². The van der Waals surface area contributed by atoms with Crippen LogP contribution >= 0.6 is 11.3 Å². The first kappa shape index (κ1) is 14.0. The van der Waals surface area contributed by atoms with Crippen molar-refractivity contribution in [1.82, 2.24) is 15.1 Å². The highest BCUT2D eigenvalue weighted by Gasteiger charge is 2.14. The fraction of sp³-hybridized carbons (Fsp3) is 0.714. The molecule has 0 unspecified atom stereocenters. The van der Waals surface area contributed by atoms with Gasteiger partial charge < -0.3 is 10.2 Å². The number of likely N-dealkylation sites (N-methyl/N-ethyl adjacent to an activating group) is 1. The molecule has 0 saturated carbocycles. The van der Waals surface area contributed by atoms with Gasteiger partial charge in [-0.25, -0.2) is 0 Å². The average molecular weight is 267 g/mol. The van der Waals surface area contributed by atoms with Gasteiger partial charge in [-0.2, -0.15) is 0 Å². The van der Waals surface area contributed by atoms with Gasteiger partial charge in [0.2, 0.25) is 0 Å². The van der Waals surface area contributed by atoms with Crippen molar-refractivity contribution in [2.45, 2.75) is 26.4 Å². The monoisotopic (exact) mass is 267 g/mol. The lowest BCUT2D eigenvalue weighted by Gasteiger charge is -2.31. The molecule has 0 atom stereocenters. The maximum Gasteiger partial charge on any atom is 0.0329 e. The van der Waals surface area contributed by atoms with Crippen LogP contribution in [0.15, 0.2) is 12.1 Å². The van der Waals surface area contributed by atoms with Crippen molar-refractivity contribution in [1.29, 1.82) is 0 Å². The molecule has 0 amide bonds. The van der Waals surface area contributed by atoms with Crippen LogP contribution < -0.4 is 5.32 Å². The van der Waals surface area contributed by atoms with Crippen LogP contribution in [-0.4, -0.2) is 49.6 Å². The van der Waals surface area contributed by atoms with Crippen molar-refractivity contribution in [3.63, 3.8) is 0 Å². The van der Waals surface area contributed by atoms with Gasteiger partial charge in [-0.15, -0.1) is 11.3 Å². The molecule has 1 aromatic rings. The van der Waals surface area contributed by atoms with Crippen molar-refractivity contribution < 1.29 is 0 Å². The second-order valence-corrected chi connectivity index (χ2v) is 6.38. The maximum atomic E-state index is 3.46. The topological polar surface area (TPSA) is 18.5 Å². The molecule has 4 heteroatoms. The smallest absolute Gasteiger partial charge is 0.0329 e. The van der Waals surface area contributed by atoms with Crippen LogP contribution in [0.2, 0.25) is 0 Å². The highest BCUT2D eigenvalue weighted by atomic mass is 32.1. The van der Waals surface area contributed by atoms with Crippen molar-refractivity contribution in [2.24, 2.45) is 0 Å². The molecule has 0 aliphatic carbocycles. The molecule has 0 bridgehead atoms. The van der Waals surface area contributed by atoms with Gasteiger partial charge in [-0.05, 0) is 32.1 Å². The van der Waals surface area contributed by atoms with E-state index in [1.54, 1.807) is 0 Å². The average Bonchev–Trinajstić information content (AvgIpc) is 2.80. The summed E-state index contributed by atoms with van der Waals surface area (Å²) < 4.78 is 0.